The number of amides is 1. The summed E-state index contributed by atoms with van der Waals surface area (Å²) in [6.07, 6.45) is 1.25. The lowest BCUT2D eigenvalue weighted by Crippen LogP contribution is -2.27. The van der Waals surface area contributed by atoms with Crippen molar-refractivity contribution in [2.45, 2.75) is 20.3 Å². The first kappa shape index (κ1) is 11.9. The van der Waals surface area contributed by atoms with E-state index in [4.69, 9.17) is 11.6 Å². The van der Waals surface area contributed by atoms with Gasteiger partial charge in [-0.25, -0.2) is 0 Å². The molecule has 0 aromatic heterocycles. The number of hydrogen-bond acceptors (Lipinski definition) is 2. The molecule has 1 heterocycles. The van der Waals surface area contributed by atoms with Crippen LogP contribution in [0.3, 0.4) is 0 Å². The summed E-state index contributed by atoms with van der Waals surface area (Å²) in [5.41, 5.74) is 1.66. The molecule has 0 spiro atoms. The summed E-state index contributed by atoms with van der Waals surface area (Å²) < 4.78 is 0. The third-order valence-corrected chi connectivity index (χ3v) is 1.93. The molecule has 1 aliphatic heterocycles. The van der Waals surface area contributed by atoms with Gasteiger partial charge in [0.25, 0.3) is 0 Å². The van der Waals surface area contributed by atoms with E-state index >= 15 is 0 Å². The van der Waals surface area contributed by atoms with E-state index in [1.54, 1.807) is 18.2 Å². The summed E-state index contributed by atoms with van der Waals surface area (Å²) in [6.45, 7) is 4.56. The van der Waals surface area contributed by atoms with E-state index in [0.29, 0.717) is 11.6 Å². The van der Waals surface area contributed by atoms with Gasteiger partial charge in [-0.2, -0.15) is 0 Å². The fourth-order valence-corrected chi connectivity index (χ4v) is 1.31. The Labute approximate surface area is 94.8 Å². The van der Waals surface area contributed by atoms with E-state index < -0.39 is 0 Å². The van der Waals surface area contributed by atoms with Crippen LogP contribution in [0.2, 0.25) is 5.02 Å². The van der Waals surface area contributed by atoms with Crippen LogP contribution in [0.5, 0.6) is 0 Å². The third kappa shape index (κ3) is 3.44. The van der Waals surface area contributed by atoms with Crippen LogP contribution < -0.4 is 10.6 Å². The first-order valence-electron chi connectivity index (χ1n) is 5.00. The number of hydrogen-bond donors (Lipinski definition) is 2. The Balaban J connectivity index is 0.000000337. The van der Waals surface area contributed by atoms with Crippen LogP contribution in [0.15, 0.2) is 18.2 Å². The highest BCUT2D eigenvalue weighted by Crippen LogP contribution is 2.27. The first-order chi connectivity index (χ1) is 7.17. The molecule has 0 saturated heterocycles. The van der Waals surface area contributed by atoms with Crippen LogP contribution >= 0.6 is 11.6 Å². The Bertz CT molecular complexity index is 352. The van der Waals surface area contributed by atoms with Gasteiger partial charge >= 0.3 is 0 Å². The van der Waals surface area contributed by atoms with Gasteiger partial charge in [-0.3, -0.25) is 4.79 Å². The van der Waals surface area contributed by atoms with Crippen molar-refractivity contribution in [2.24, 2.45) is 0 Å². The highest BCUT2D eigenvalue weighted by molar-refractivity contribution is 6.31. The zero-order chi connectivity index (χ0) is 11.3. The summed E-state index contributed by atoms with van der Waals surface area (Å²) in [5.74, 6) is -0.0233. The number of anilines is 2. The Hall–Kier alpha value is -1.22. The smallest absolute Gasteiger partial charge is 0.243 e. The molecular weight excluding hydrogens is 212 g/mol. The number of nitrogens with one attached hydrogen (secondary N) is 2. The molecule has 2 rings (SSSR count). The van der Waals surface area contributed by atoms with Crippen molar-refractivity contribution in [1.82, 2.24) is 0 Å². The number of rotatable bonds is 0. The Kier molecular flexibility index (Phi) is 4.43. The van der Waals surface area contributed by atoms with E-state index in [0.717, 1.165) is 11.4 Å². The van der Waals surface area contributed by atoms with Gasteiger partial charge in [-0.15, -0.1) is 0 Å². The van der Waals surface area contributed by atoms with Crippen molar-refractivity contribution >= 4 is 28.9 Å². The number of benzene rings is 1. The van der Waals surface area contributed by atoms with Crippen LogP contribution in [-0.2, 0) is 4.79 Å². The predicted octanol–water partition coefficient (Wildman–Crippen LogP) is 3.12. The molecule has 0 fully saturated rings. The van der Waals surface area contributed by atoms with Gasteiger partial charge in [0.1, 0.15) is 0 Å². The minimum atomic E-state index is -0.0233. The molecule has 0 radical (unpaired) electrons. The lowest BCUT2D eigenvalue weighted by molar-refractivity contribution is -0.114. The number of halogens is 1. The molecule has 82 valence electrons. The summed E-state index contributed by atoms with van der Waals surface area (Å²) >= 11 is 5.76. The predicted molar refractivity (Wildman–Crippen MR) is 64.5 cm³/mol. The molecule has 4 heteroatoms. The fraction of sp³-hybridized carbons (Fsp3) is 0.364. The molecule has 2 N–H and O–H groups in total. The molecule has 0 atom stereocenters. The minimum absolute atomic E-state index is 0.0233. The SMILES string of the molecule is CCC.O=C1CNc2cc(Cl)ccc2N1. The standard InChI is InChI=1S/C8H7ClN2O.C3H8/c9-5-1-2-6-7(3-5)10-4-8(12)11-6;1-3-2/h1-3,10H,4H2,(H,11,12);3H2,1-2H3. The molecule has 1 amide bonds. The number of carbonyl (C=O) groups excluding carboxylic acids is 1. The van der Waals surface area contributed by atoms with Crippen molar-refractivity contribution in [3.05, 3.63) is 23.2 Å². The maximum Gasteiger partial charge on any atom is 0.243 e. The second-order valence-electron chi connectivity index (χ2n) is 3.30. The molecule has 3 nitrogen and oxygen atoms in total. The van der Waals surface area contributed by atoms with E-state index in [1.165, 1.54) is 6.42 Å². The van der Waals surface area contributed by atoms with Crippen LogP contribution in [0.4, 0.5) is 11.4 Å². The van der Waals surface area contributed by atoms with Gasteiger partial charge in [0.15, 0.2) is 0 Å². The van der Waals surface area contributed by atoms with Crippen LogP contribution in [0.25, 0.3) is 0 Å². The molecule has 1 aromatic carbocycles. The average molecular weight is 227 g/mol. The largest absolute Gasteiger partial charge is 0.374 e. The van der Waals surface area contributed by atoms with E-state index in [-0.39, 0.29) is 5.91 Å². The van der Waals surface area contributed by atoms with Crippen molar-refractivity contribution < 1.29 is 4.79 Å². The molecule has 0 unspecified atom stereocenters. The van der Waals surface area contributed by atoms with Gasteiger partial charge in [-0.1, -0.05) is 31.9 Å². The average Bonchev–Trinajstić information content (AvgIpc) is 2.20. The molecule has 0 bridgehead atoms. The Morgan fingerprint density at radius 3 is 2.67 bits per heavy atom. The lowest BCUT2D eigenvalue weighted by Gasteiger charge is -2.18. The normalized spacial score (nSPS) is 12.9. The second kappa shape index (κ2) is 5.61. The van der Waals surface area contributed by atoms with Crippen molar-refractivity contribution in [3.63, 3.8) is 0 Å². The van der Waals surface area contributed by atoms with Crippen LogP contribution in [0, 0.1) is 0 Å². The zero-order valence-corrected chi connectivity index (χ0v) is 9.69. The quantitative estimate of drug-likeness (QED) is 0.714. The van der Waals surface area contributed by atoms with E-state index in [2.05, 4.69) is 24.5 Å². The summed E-state index contributed by atoms with van der Waals surface area (Å²) in [6, 6.07) is 5.31. The molecule has 1 aromatic rings. The highest BCUT2D eigenvalue weighted by atomic mass is 35.5. The van der Waals surface area contributed by atoms with E-state index in [1.807, 2.05) is 0 Å². The maximum absolute atomic E-state index is 10.9. The molecule has 0 aliphatic carbocycles. The minimum Gasteiger partial charge on any atom is -0.374 e. The lowest BCUT2D eigenvalue weighted by atomic mass is 10.2. The maximum atomic E-state index is 10.9. The van der Waals surface area contributed by atoms with Crippen LogP contribution in [-0.4, -0.2) is 12.5 Å². The second-order valence-corrected chi connectivity index (χ2v) is 3.74. The van der Waals surface area contributed by atoms with Crippen molar-refractivity contribution in [1.29, 1.82) is 0 Å². The Morgan fingerprint density at radius 2 is 2.00 bits per heavy atom. The van der Waals surface area contributed by atoms with Gasteiger partial charge in [0.05, 0.1) is 17.9 Å². The highest BCUT2D eigenvalue weighted by Gasteiger charge is 2.12. The van der Waals surface area contributed by atoms with Gasteiger partial charge in [-0.05, 0) is 18.2 Å². The monoisotopic (exact) mass is 226 g/mol. The van der Waals surface area contributed by atoms with Crippen molar-refractivity contribution in [3.8, 4) is 0 Å². The van der Waals surface area contributed by atoms with Gasteiger partial charge in [0, 0.05) is 5.02 Å². The number of carbonyl (C=O) groups is 1. The fourth-order valence-electron chi connectivity index (χ4n) is 1.14. The molecular formula is C11H15ClN2O. The van der Waals surface area contributed by atoms with Crippen molar-refractivity contribution in [2.75, 3.05) is 17.2 Å². The third-order valence-electron chi connectivity index (χ3n) is 1.70. The summed E-state index contributed by atoms with van der Waals surface area (Å²) in [4.78, 5) is 10.9. The zero-order valence-electron chi connectivity index (χ0n) is 8.93. The Morgan fingerprint density at radius 1 is 1.33 bits per heavy atom. The number of fused-ring (bicyclic) bond motifs is 1. The first-order valence-corrected chi connectivity index (χ1v) is 5.38. The van der Waals surface area contributed by atoms with Gasteiger partial charge in [0.2, 0.25) is 5.91 Å². The summed E-state index contributed by atoms with van der Waals surface area (Å²) in [5, 5.41) is 6.35. The van der Waals surface area contributed by atoms with E-state index in [9.17, 15) is 4.79 Å². The molecule has 15 heavy (non-hydrogen) atoms. The van der Waals surface area contributed by atoms with Gasteiger partial charge < -0.3 is 10.6 Å². The molecule has 0 saturated carbocycles. The summed E-state index contributed by atoms with van der Waals surface area (Å²) in [7, 11) is 0. The van der Waals surface area contributed by atoms with Crippen LogP contribution in [0.1, 0.15) is 20.3 Å². The molecule has 1 aliphatic rings. The topological polar surface area (TPSA) is 41.1 Å².